The van der Waals surface area contributed by atoms with Gasteiger partial charge in [0.25, 0.3) is 5.91 Å². The quantitative estimate of drug-likeness (QED) is 0.465. The molecule has 33 heavy (non-hydrogen) atoms. The van der Waals surface area contributed by atoms with Gasteiger partial charge < -0.3 is 14.5 Å². The SMILES string of the molecule is CCOc1ccc(C(=O)N2CCN(c3ncnc4c3nnn4-c3ccc(F)cc3)CC2)cc1. The Kier molecular flexibility index (Phi) is 5.55. The number of hydrogen-bond donors (Lipinski definition) is 0. The second-order valence-electron chi connectivity index (χ2n) is 7.58. The minimum Gasteiger partial charge on any atom is -0.494 e. The zero-order chi connectivity index (χ0) is 22.8. The molecule has 9 nitrogen and oxygen atoms in total. The fourth-order valence-corrected chi connectivity index (χ4v) is 3.89. The number of fused-ring (bicyclic) bond motifs is 1. The van der Waals surface area contributed by atoms with Crippen molar-refractivity contribution in [2.45, 2.75) is 6.92 Å². The van der Waals surface area contributed by atoms with Crippen LogP contribution >= 0.6 is 0 Å². The van der Waals surface area contributed by atoms with Crippen molar-refractivity contribution in [3.63, 3.8) is 0 Å². The summed E-state index contributed by atoms with van der Waals surface area (Å²) >= 11 is 0. The van der Waals surface area contributed by atoms with Gasteiger partial charge in [0.05, 0.1) is 12.3 Å². The number of carbonyl (C=O) groups is 1. The number of carbonyl (C=O) groups excluding carboxylic acids is 1. The van der Waals surface area contributed by atoms with Gasteiger partial charge in [0.15, 0.2) is 17.0 Å². The van der Waals surface area contributed by atoms with E-state index in [-0.39, 0.29) is 11.7 Å². The Morgan fingerprint density at radius 3 is 2.42 bits per heavy atom. The minimum atomic E-state index is -0.323. The number of benzene rings is 2. The molecule has 0 atom stereocenters. The van der Waals surface area contributed by atoms with Gasteiger partial charge in [-0.15, -0.1) is 5.10 Å². The average Bonchev–Trinajstić information content (AvgIpc) is 3.29. The number of ether oxygens (including phenoxy) is 1. The van der Waals surface area contributed by atoms with Gasteiger partial charge in [-0.05, 0) is 55.5 Å². The van der Waals surface area contributed by atoms with Gasteiger partial charge in [0, 0.05) is 31.7 Å². The summed E-state index contributed by atoms with van der Waals surface area (Å²) in [5.74, 6) is 1.09. The molecule has 3 heterocycles. The fraction of sp³-hybridized carbons (Fsp3) is 0.261. The zero-order valence-electron chi connectivity index (χ0n) is 18.1. The van der Waals surface area contributed by atoms with Crippen molar-refractivity contribution >= 4 is 22.9 Å². The predicted molar refractivity (Wildman–Crippen MR) is 120 cm³/mol. The lowest BCUT2D eigenvalue weighted by atomic mass is 10.1. The van der Waals surface area contributed by atoms with Crippen LogP contribution in [0.15, 0.2) is 54.9 Å². The van der Waals surface area contributed by atoms with E-state index in [2.05, 4.69) is 25.2 Å². The Balaban J connectivity index is 1.31. The number of piperazine rings is 1. The number of halogens is 1. The normalized spacial score (nSPS) is 14.0. The summed E-state index contributed by atoms with van der Waals surface area (Å²) in [6.45, 7) is 4.85. The molecule has 0 saturated carbocycles. The van der Waals surface area contributed by atoms with Crippen molar-refractivity contribution in [1.82, 2.24) is 29.9 Å². The lowest BCUT2D eigenvalue weighted by molar-refractivity contribution is 0.0746. The molecule has 2 aromatic carbocycles. The van der Waals surface area contributed by atoms with Crippen LogP contribution in [0, 0.1) is 5.82 Å². The lowest BCUT2D eigenvalue weighted by Gasteiger charge is -2.35. The van der Waals surface area contributed by atoms with Gasteiger partial charge in [-0.3, -0.25) is 4.79 Å². The molecule has 1 aliphatic heterocycles. The van der Waals surface area contributed by atoms with Gasteiger partial charge in [0.2, 0.25) is 0 Å². The number of rotatable bonds is 5. The van der Waals surface area contributed by atoms with Crippen molar-refractivity contribution in [3.05, 3.63) is 66.2 Å². The highest BCUT2D eigenvalue weighted by molar-refractivity contribution is 5.94. The summed E-state index contributed by atoms with van der Waals surface area (Å²) < 4.78 is 20.3. The summed E-state index contributed by atoms with van der Waals surface area (Å²) in [7, 11) is 0. The first kappa shape index (κ1) is 20.8. The summed E-state index contributed by atoms with van der Waals surface area (Å²) in [6, 6.07) is 13.2. The molecule has 4 aromatic rings. The van der Waals surface area contributed by atoms with E-state index < -0.39 is 0 Å². The molecule has 1 amide bonds. The molecule has 1 saturated heterocycles. The summed E-state index contributed by atoms with van der Waals surface area (Å²) in [4.78, 5) is 25.6. The zero-order valence-corrected chi connectivity index (χ0v) is 18.1. The van der Waals surface area contributed by atoms with Crippen LogP contribution in [0.2, 0.25) is 0 Å². The molecule has 5 rings (SSSR count). The highest BCUT2D eigenvalue weighted by Crippen LogP contribution is 2.24. The van der Waals surface area contributed by atoms with Crippen LogP contribution in [-0.2, 0) is 0 Å². The number of nitrogens with zero attached hydrogens (tertiary/aromatic N) is 7. The van der Waals surface area contributed by atoms with Crippen molar-refractivity contribution in [1.29, 1.82) is 0 Å². The maximum Gasteiger partial charge on any atom is 0.253 e. The topological polar surface area (TPSA) is 89.3 Å². The molecular weight excluding hydrogens is 425 g/mol. The first-order valence-corrected chi connectivity index (χ1v) is 10.7. The van der Waals surface area contributed by atoms with Gasteiger partial charge in [0.1, 0.15) is 17.9 Å². The number of anilines is 1. The second-order valence-corrected chi connectivity index (χ2v) is 7.58. The molecule has 1 aliphatic rings. The monoisotopic (exact) mass is 447 g/mol. The lowest BCUT2D eigenvalue weighted by Crippen LogP contribution is -2.49. The molecule has 10 heteroatoms. The molecule has 0 N–H and O–H groups in total. The van der Waals surface area contributed by atoms with E-state index in [1.165, 1.54) is 18.5 Å². The first-order chi connectivity index (χ1) is 16.1. The van der Waals surface area contributed by atoms with Crippen LogP contribution in [0.5, 0.6) is 5.75 Å². The molecule has 1 fully saturated rings. The Bertz CT molecular complexity index is 1270. The third-order valence-corrected chi connectivity index (χ3v) is 5.57. The predicted octanol–water partition coefficient (Wildman–Crippen LogP) is 2.71. The smallest absolute Gasteiger partial charge is 0.253 e. The van der Waals surface area contributed by atoms with E-state index in [0.717, 1.165) is 5.75 Å². The standard InChI is InChI=1S/C23H22FN7O2/c1-2-33-19-9-3-16(4-10-19)23(32)30-13-11-29(12-14-30)21-20-22(26-15-25-21)31(28-27-20)18-7-5-17(24)6-8-18/h3-10,15H,2,11-14H2,1H3. The van der Waals surface area contributed by atoms with E-state index in [9.17, 15) is 9.18 Å². The third-order valence-electron chi connectivity index (χ3n) is 5.57. The Hall–Kier alpha value is -4.08. The van der Waals surface area contributed by atoms with Gasteiger partial charge in [-0.25, -0.2) is 14.4 Å². The van der Waals surface area contributed by atoms with Gasteiger partial charge in [-0.1, -0.05) is 5.21 Å². The molecule has 168 valence electrons. The number of amides is 1. The second kappa shape index (κ2) is 8.81. The molecule has 2 aromatic heterocycles. The van der Waals surface area contributed by atoms with Crippen molar-refractivity contribution in [2.75, 3.05) is 37.7 Å². The fourth-order valence-electron chi connectivity index (χ4n) is 3.89. The van der Waals surface area contributed by atoms with E-state index in [1.807, 2.05) is 24.0 Å². The highest BCUT2D eigenvalue weighted by Gasteiger charge is 2.25. The van der Waals surface area contributed by atoms with Crippen molar-refractivity contribution in [2.24, 2.45) is 0 Å². The Morgan fingerprint density at radius 2 is 1.73 bits per heavy atom. The van der Waals surface area contributed by atoms with E-state index in [4.69, 9.17) is 4.74 Å². The van der Waals surface area contributed by atoms with Gasteiger partial charge >= 0.3 is 0 Å². The molecule has 0 bridgehead atoms. The Labute approximate surface area is 189 Å². The van der Waals surface area contributed by atoms with E-state index in [0.29, 0.717) is 61.0 Å². The summed E-state index contributed by atoms with van der Waals surface area (Å²) in [5.41, 5.74) is 2.40. The van der Waals surface area contributed by atoms with Crippen LogP contribution < -0.4 is 9.64 Å². The Morgan fingerprint density at radius 1 is 1.00 bits per heavy atom. The van der Waals surface area contributed by atoms with Crippen LogP contribution in [0.4, 0.5) is 10.2 Å². The van der Waals surface area contributed by atoms with Crippen molar-refractivity contribution < 1.29 is 13.9 Å². The van der Waals surface area contributed by atoms with Crippen LogP contribution in [0.3, 0.4) is 0 Å². The minimum absolute atomic E-state index is 0.00668. The third kappa shape index (κ3) is 4.07. The molecule has 0 spiro atoms. The van der Waals surface area contributed by atoms with Crippen LogP contribution in [0.1, 0.15) is 17.3 Å². The van der Waals surface area contributed by atoms with E-state index in [1.54, 1.807) is 28.9 Å². The first-order valence-electron chi connectivity index (χ1n) is 10.7. The summed E-state index contributed by atoms with van der Waals surface area (Å²) in [6.07, 6.45) is 1.47. The molecule has 0 radical (unpaired) electrons. The van der Waals surface area contributed by atoms with Crippen LogP contribution in [0.25, 0.3) is 16.9 Å². The number of hydrogen-bond acceptors (Lipinski definition) is 7. The number of aromatic nitrogens is 5. The molecule has 0 aliphatic carbocycles. The maximum atomic E-state index is 13.3. The van der Waals surface area contributed by atoms with Gasteiger partial charge in [-0.2, -0.15) is 4.68 Å². The molecule has 0 unspecified atom stereocenters. The highest BCUT2D eigenvalue weighted by atomic mass is 19.1. The summed E-state index contributed by atoms with van der Waals surface area (Å²) in [5, 5.41) is 8.47. The van der Waals surface area contributed by atoms with E-state index >= 15 is 0 Å². The maximum absolute atomic E-state index is 13.3. The molecular formula is C23H22FN7O2. The van der Waals surface area contributed by atoms with Crippen LogP contribution in [-0.4, -0.2) is 68.6 Å². The largest absolute Gasteiger partial charge is 0.494 e. The van der Waals surface area contributed by atoms with Crippen molar-refractivity contribution in [3.8, 4) is 11.4 Å². The average molecular weight is 447 g/mol.